The van der Waals surface area contributed by atoms with E-state index in [0.29, 0.717) is 58.2 Å². The number of fused-ring (bicyclic) bond motifs is 1. The molecule has 174 valence electrons. The Bertz CT molecular complexity index is 1570. The molecule has 0 fully saturated rings. The standard InChI is InChI=1S/C24H18ClFN8O/c25-15-2-4-20(33-12-29-31-32-33)17(9-15)14-7-16-3-5-21(34(16)23(35)8-14)18-10-19(30-24(18)26)13-1-6-22(27)28-11-13/h1-2,4,6-9,11-12,21H,3,5,10H2,(H2,27,28)/t21-/m0/s1. The van der Waals surface area contributed by atoms with Crippen LogP contribution >= 0.6 is 11.6 Å². The maximum Gasteiger partial charge on any atom is 0.251 e. The smallest absolute Gasteiger partial charge is 0.251 e. The Morgan fingerprint density at radius 2 is 2.00 bits per heavy atom. The number of aliphatic imine (C=N–C) groups is 1. The number of nitrogens with two attached hydrogens (primary N) is 1. The molecule has 6 rings (SSSR count). The molecule has 0 unspecified atom stereocenters. The van der Waals surface area contributed by atoms with Crippen molar-refractivity contribution in [3.8, 4) is 16.8 Å². The van der Waals surface area contributed by atoms with E-state index in [0.717, 1.165) is 11.3 Å². The third kappa shape index (κ3) is 3.71. The van der Waals surface area contributed by atoms with Crippen molar-refractivity contribution in [2.24, 2.45) is 4.99 Å². The first-order valence-electron chi connectivity index (χ1n) is 10.9. The summed E-state index contributed by atoms with van der Waals surface area (Å²) in [6.45, 7) is 0. The molecule has 0 saturated carbocycles. The fourth-order valence-electron chi connectivity index (χ4n) is 4.77. The minimum absolute atomic E-state index is 0.217. The molecule has 4 aromatic rings. The number of aryl methyl sites for hydroxylation is 1. The van der Waals surface area contributed by atoms with E-state index >= 15 is 0 Å². The lowest BCUT2D eigenvalue weighted by atomic mass is 9.99. The van der Waals surface area contributed by atoms with E-state index in [9.17, 15) is 9.18 Å². The minimum atomic E-state index is -0.540. The van der Waals surface area contributed by atoms with Gasteiger partial charge in [-0.05, 0) is 65.2 Å². The number of rotatable bonds is 4. The number of benzene rings is 1. The number of halogens is 2. The fraction of sp³-hybridized carbons (Fsp3) is 0.167. The number of nitrogens with zero attached hydrogens (tertiary/aromatic N) is 7. The van der Waals surface area contributed by atoms with Gasteiger partial charge in [0.2, 0.25) is 5.95 Å². The monoisotopic (exact) mass is 488 g/mol. The van der Waals surface area contributed by atoms with E-state index < -0.39 is 12.0 Å². The van der Waals surface area contributed by atoms with Crippen molar-refractivity contribution < 1.29 is 4.39 Å². The number of nitrogen functional groups attached to an aromatic ring is 1. The molecule has 0 aliphatic carbocycles. The van der Waals surface area contributed by atoms with E-state index in [1.165, 1.54) is 11.0 Å². The molecule has 3 aromatic heterocycles. The van der Waals surface area contributed by atoms with Crippen LogP contribution in [0.25, 0.3) is 16.8 Å². The summed E-state index contributed by atoms with van der Waals surface area (Å²) in [6, 6.07) is 11.8. The molecule has 2 N–H and O–H groups in total. The third-order valence-electron chi connectivity index (χ3n) is 6.38. The van der Waals surface area contributed by atoms with E-state index in [-0.39, 0.29) is 5.56 Å². The van der Waals surface area contributed by atoms with Gasteiger partial charge in [-0.15, -0.1) is 5.10 Å². The zero-order valence-corrected chi connectivity index (χ0v) is 19.0. The molecule has 1 atom stereocenters. The third-order valence-corrected chi connectivity index (χ3v) is 6.61. The molecule has 1 aromatic carbocycles. The number of tetrazole rings is 1. The highest BCUT2D eigenvalue weighted by Crippen LogP contribution is 2.39. The van der Waals surface area contributed by atoms with Crippen LogP contribution in [0.4, 0.5) is 10.2 Å². The van der Waals surface area contributed by atoms with Crippen molar-refractivity contribution in [1.29, 1.82) is 0 Å². The largest absolute Gasteiger partial charge is 0.384 e. The number of pyridine rings is 2. The van der Waals surface area contributed by atoms with Crippen LogP contribution < -0.4 is 11.3 Å². The first-order chi connectivity index (χ1) is 17.0. The van der Waals surface area contributed by atoms with Crippen molar-refractivity contribution >= 4 is 23.1 Å². The average molecular weight is 489 g/mol. The highest BCUT2D eigenvalue weighted by atomic mass is 35.5. The number of hydrogen-bond donors (Lipinski definition) is 1. The number of hydrogen-bond acceptors (Lipinski definition) is 7. The summed E-state index contributed by atoms with van der Waals surface area (Å²) in [5, 5.41) is 11.9. The molecule has 9 nitrogen and oxygen atoms in total. The molecule has 2 aliphatic rings. The van der Waals surface area contributed by atoms with Crippen molar-refractivity contribution in [1.82, 2.24) is 29.8 Å². The van der Waals surface area contributed by atoms with E-state index in [4.69, 9.17) is 17.3 Å². The molecule has 35 heavy (non-hydrogen) atoms. The Labute approximate surface area is 203 Å². The number of aromatic nitrogens is 6. The van der Waals surface area contributed by atoms with Gasteiger partial charge in [-0.3, -0.25) is 4.79 Å². The highest BCUT2D eigenvalue weighted by Gasteiger charge is 2.33. The predicted molar refractivity (Wildman–Crippen MR) is 129 cm³/mol. The minimum Gasteiger partial charge on any atom is -0.384 e. The molecule has 0 spiro atoms. The van der Waals surface area contributed by atoms with Gasteiger partial charge in [-0.25, -0.2) is 9.98 Å². The van der Waals surface area contributed by atoms with Crippen LogP contribution in [0.15, 0.2) is 76.3 Å². The molecule has 2 aliphatic heterocycles. The second-order valence-electron chi connectivity index (χ2n) is 8.44. The first-order valence-corrected chi connectivity index (χ1v) is 11.3. The quantitative estimate of drug-likeness (QED) is 0.438. The molecule has 0 radical (unpaired) electrons. The first kappa shape index (κ1) is 21.4. The molecule has 5 heterocycles. The summed E-state index contributed by atoms with van der Waals surface area (Å²) >= 11 is 6.27. The number of allylic oxidation sites excluding steroid dienone is 1. The van der Waals surface area contributed by atoms with E-state index in [1.807, 2.05) is 6.07 Å². The van der Waals surface area contributed by atoms with Crippen molar-refractivity contribution in [3.63, 3.8) is 0 Å². The zero-order valence-electron chi connectivity index (χ0n) is 18.3. The lowest BCUT2D eigenvalue weighted by Crippen LogP contribution is -2.24. The summed E-state index contributed by atoms with van der Waals surface area (Å²) < 4.78 is 18.2. The Hall–Kier alpha value is -4.18. The topological polar surface area (TPSA) is 117 Å². The van der Waals surface area contributed by atoms with Crippen LogP contribution in [0.1, 0.15) is 30.1 Å². The van der Waals surface area contributed by atoms with Crippen LogP contribution in [-0.2, 0) is 6.42 Å². The summed E-state index contributed by atoms with van der Waals surface area (Å²) in [6.07, 6.45) is 4.61. The zero-order chi connectivity index (χ0) is 24.1. The van der Waals surface area contributed by atoms with Gasteiger partial charge in [-0.2, -0.15) is 9.07 Å². The van der Waals surface area contributed by atoms with Gasteiger partial charge in [0.25, 0.3) is 5.56 Å². The van der Waals surface area contributed by atoms with Gasteiger partial charge in [0.15, 0.2) is 0 Å². The SMILES string of the molecule is Nc1ccc(C2=NC(F)=C([C@@H]3CCc4cc(-c5cc(Cl)ccc5-n5cnnn5)cc(=O)n43)C2)cn1. The van der Waals surface area contributed by atoms with Gasteiger partial charge >= 0.3 is 0 Å². The van der Waals surface area contributed by atoms with E-state index in [1.54, 1.807) is 47.2 Å². The number of anilines is 1. The summed E-state index contributed by atoms with van der Waals surface area (Å²) in [5.41, 5.74) is 10.2. The van der Waals surface area contributed by atoms with Crippen LogP contribution in [0.5, 0.6) is 0 Å². The highest BCUT2D eigenvalue weighted by molar-refractivity contribution is 6.31. The molecule has 0 bridgehead atoms. The molecular weight excluding hydrogens is 471 g/mol. The Balaban J connectivity index is 1.35. The molecule has 0 amide bonds. The predicted octanol–water partition coefficient (Wildman–Crippen LogP) is 3.68. The Morgan fingerprint density at radius 1 is 1.11 bits per heavy atom. The van der Waals surface area contributed by atoms with Crippen LogP contribution in [0.3, 0.4) is 0 Å². The molecule has 0 saturated heterocycles. The summed E-state index contributed by atoms with van der Waals surface area (Å²) in [7, 11) is 0. The summed E-state index contributed by atoms with van der Waals surface area (Å²) in [5.74, 6) is -0.155. The molecular formula is C24H18ClFN8O. The maximum absolute atomic E-state index is 15.0. The van der Waals surface area contributed by atoms with Crippen LogP contribution in [-0.4, -0.2) is 35.5 Å². The van der Waals surface area contributed by atoms with Crippen molar-refractivity contribution in [3.05, 3.63) is 93.1 Å². The Morgan fingerprint density at radius 3 is 2.77 bits per heavy atom. The average Bonchev–Trinajstić information content (AvgIpc) is 3.59. The van der Waals surface area contributed by atoms with Crippen LogP contribution in [0.2, 0.25) is 5.02 Å². The van der Waals surface area contributed by atoms with Gasteiger partial charge in [0.1, 0.15) is 12.1 Å². The Kier molecular flexibility index (Phi) is 5.03. The lowest BCUT2D eigenvalue weighted by Gasteiger charge is -2.17. The molecule has 11 heteroatoms. The van der Waals surface area contributed by atoms with Gasteiger partial charge in [-0.1, -0.05) is 11.6 Å². The van der Waals surface area contributed by atoms with Gasteiger partial charge in [0.05, 0.1) is 17.4 Å². The van der Waals surface area contributed by atoms with Crippen molar-refractivity contribution in [2.75, 3.05) is 5.73 Å². The maximum atomic E-state index is 15.0. The normalized spacial score (nSPS) is 17.1. The van der Waals surface area contributed by atoms with Crippen LogP contribution in [0, 0.1) is 0 Å². The second kappa shape index (κ2) is 8.24. The second-order valence-corrected chi connectivity index (χ2v) is 8.87. The van der Waals surface area contributed by atoms with E-state index in [2.05, 4.69) is 25.5 Å². The van der Waals surface area contributed by atoms with Gasteiger partial charge < -0.3 is 10.3 Å². The lowest BCUT2D eigenvalue weighted by molar-refractivity contribution is 0.539. The fourth-order valence-corrected chi connectivity index (χ4v) is 4.94. The van der Waals surface area contributed by atoms with Crippen molar-refractivity contribution in [2.45, 2.75) is 25.3 Å². The summed E-state index contributed by atoms with van der Waals surface area (Å²) in [4.78, 5) is 21.5. The van der Waals surface area contributed by atoms with Gasteiger partial charge in [0, 0.05) is 46.1 Å².